The van der Waals surface area contributed by atoms with E-state index in [-0.39, 0.29) is 18.1 Å². The maximum Gasteiger partial charge on any atom is 0.416 e. The zero-order valence-electron chi connectivity index (χ0n) is 13.9. The molecular formula is C16H22F3N3O2. The van der Waals surface area contributed by atoms with Crippen LogP contribution in [0.15, 0.2) is 24.3 Å². The van der Waals surface area contributed by atoms with E-state index in [1.807, 2.05) is 6.92 Å². The van der Waals surface area contributed by atoms with Gasteiger partial charge < -0.3 is 10.6 Å². The minimum Gasteiger partial charge on any atom is -0.355 e. The van der Waals surface area contributed by atoms with Gasteiger partial charge in [0.25, 0.3) is 0 Å². The molecule has 0 saturated carbocycles. The molecule has 1 atom stereocenters. The Hall–Kier alpha value is -2.09. The number of carbonyl (C=O) groups is 2. The Morgan fingerprint density at radius 3 is 2.29 bits per heavy atom. The Kier molecular flexibility index (Phi) is 7.21. The number of benzene rings is 1. The van der Waals surface area contributed by atoms with E-state index in [0.29, 0.717) is 6.54 Å². The fourth-order valence-electron chi connectivity index (χ4n) is 1.87. The molecule has 8 heteroatoms. The molecule has 0 unspecified atom stereocenters. The van der Waals surface area contributed by atoms with Crippen molar-refractivity contribution in [3.05, 3.63) is 29.8 Å². The number of likely N-dealkylation sites (N-methyl/N-ethyl adjacent to an activating group) is 1. The number of alkyl halides is 3. The Labute approximate surface area is 139 Å². The maximum atomic E-state index is 12.5. The van der Waals surface area contributed by atoms with Crippen molar-refractivity contribution < 1.29 is 22.8 Å². The van der Waals surface area contributed by atoms with Crippen molar-refractivity contribution in [3.63, 3.8) is 0 Å². The van der Waals surface area contributed by atoms with Crippen LogP contribution in [0.25, 0.3) is 0 Å². The number of rotatable bonds is 7. The lowest BCUT2D eigenvalue weighted by Gasteiger charge is -2.23. The second-order valence-electron chi connectivity index (χ2n) is 5.51. The van der Waals surface area contributed by atoms with Crippen molar-refractivity contribution in [1.29, 1.82) is 0 Å². The van der Waals surface area contributed by atoms with Gasteiger partial charge >= 0.3 is 6.18 Å². The number of carbonyl (C=O) groups excluding carboxylic acids is 2. The molecule has 1 rings (SSSR count). The number of amides is 2. The summed E-state index contributed by atoms with van der Waals surface area (Å²) in [6.07, 6.45) is -3.60. The summed E-state index contributed by atoms with van der Waals surface area (Å²) in [5.74, 6) is -0.589. The number of hydrogen-bond donors (Lipinski definition) is 2. The topological polar surface area (TPSA) is 61.4 Å². The highest BCUT2D eigenvalue weighted by Gasteiger charge is 2.30. The van der Waals surface area contributed by atoms with Gasteiger partial charge in [0.15, 0.2) is 0 Å². The van der Waals surface area contributed by atoms with Gasteiger partial charge in [-0.25, -0.2) is 0 Å². The molecule has 0 aliphatic heterocycles. The second kappa shape index (κ2) is 8.68. The number of nitrogens with one attached hydrogen (secondary N) is 2. The van der Waals surface area contributed by atoms with Crippen molar-refractivity contribution in [2.75, 3.05) is 25.5 Å². The predicted molar refractivity (Wildman–Crippen MR) is 85.5 cm³/mol. The third kappa shape index (κ3) is 6.19. The minimum atomic E-state index is -4.41. The van der Waals surface area contributed by atoms with Crippen LogP contribution in [0.4, 0.5) is 18.9 Å². The maximum absolute atomic E-state index is 12.5. The van der Waals surface area contributed by atoms with Crippen LogP contribution in [0, 0.1) is 0 Å². The zero-order valence-corrected chi connectivity index (χ0v) is 13.9. The Balaban J connectivity index is 2.58. The minimum absolute atomic E-state index is 0.0571. The summed E-state index contributed by atoms with van der Waals surface area (Å²) in [6.45, 7) is 4.18. The van der Waals surface area contributed by atoms with E-state index < -0.39 is 23.7 Å². The van der Waals surface area contributed by atoms with Crippen molar-refractivity contribution in [2.45, 2.75) is 32.5 Å². The summed E-state index contributed by atoms with van der Waals surface area (Å²) in [5, 5.41) is 5.25. The molecule has 2 N–H and O–H groups in total. The highest BCUT2D eigenvalue weighted by molar-refractivity contribution is 5.94. The molecule has 0 aliphatic carbocycles. The first-order valence-electron chi connectivity index (χ1n) is 7.60. The van der Waals surface area contributed by atoms with Crippen LogP contribution in [-0.4, -0.2) is 42.9 Å². The molecule has 1 aromatic rings. The summed E-state index contributed by atoms with van der Waals surface area (Å²) in [4.78, 5) is 25.3. The van der Waals surface area contributed by atoms with Crippen LogP contribution in [0.5, 0.6) is 0 Å². The highest BCUT2D eigenvalue weighted by Crippen LogP contribution is 2.29. The molecule has 134 valence electrons. The fraction of sp³-hybridized carbons (Fsp3) is 0.500. The third-order valence-corrected chi connectivity index (χ3v) is 3.49. The molecule has 1 aromatic carbocycles. The van der Waals surface area contributed by atoms with Crippen molar-refractivity contribution in [3.8, 4) is 0 Å². The van der Waals surface area contributed by atoms with Gasteiger partial charge in [0.05, 0.1) is 18.2 Å². The first-order valence-corrected chi connectivity index (χ1v) is 7.60. The SMILES string of the molecule is CCCNC(=O)CN(C)[C@@H](C)C(=O)Nc1ccc(C(F)(F)F)cc1. The van der Waals surface area contributed by atoms with E-state index in [9.17, 15) is 22.8 Å². The smallest absolute Gasteiger partial charge is 0.355 e. The summed E-state index contributed by atoms with van der Waals surface area (Å²) >= 11 is 0. The van der Waals surface area contributed by atoms with Gasteiger partial charge in [-0.05, 0) is 44.7 Å². The largest absolute Gasteiger partial charge is 0.416 e. The monoisotopic (exact) mass is 345 g/mol. The number of anilines is 1. The normalized spacial score (nSPS) is 12.8. The Morgan fingerprint density at radius 2 is 1.79 bits per heavy atom. The van der Waals surface area contributed by atoms with E-state index >= 15 is 0 Å². The fourth-order valence-corrected chi connectivity index (χ4v) is 1.87. The molecule has 0 spiro atoms. The van der Waals surface area contributed by atoms with Gasteiger partial charge in [-0.1, -0.05) is 6.92 Å². The average Bonchev–Trinajstić information content (AvgIpc) is 2.51. The van der Waals surface area contributed by atoms with Gasteiger partial charge in [-0.15, -0.1) is 0 Å². The molecule has 0 bridgehead atoms. The van der Waals surface area contributed by atoms with Crippen LogP contribution in [0.1, 0.15) is 25.8 Å². The number of halogens is 3. The second-order valence-corrected chi connectivity index (χ2v) is 5.51. The molecule has 2 amide bonds. The quantitative estimate of drug-likeness (QED) is 0.798. The van der Waals surface area contributed by atoms with Gasteiger partial charge in [-0.3, -0.25) is 14.5 Å². The molecule has 5 nitrogen and oxygen atoms in total. The molecule has 0 aromatic heterocycles. The molecular weight excluding hydrogens is 323 g/mol. The average molecular weight is 345 g/mol. The van der Waals surface area contributed by atoms with Crippen LogP contribution in [-0.2, 0) is 15.8 Å². The van der Waals surface area contributed by atoms with E-state index in [1.165, 1.54) is 12.1 Å². The summed E-state index contributed by atoms with van der Waals surface area (Å²) in [7, 11) is 1.63. The molecule has 0 saturated heterocycles. The highest BCUT2D eigenvalue weighted by atomic mass is 19.4. The summed E-state index contributed by atoms with van der Waals surface area (Å²) < 4.78 is 37.5. The Bertz CT molecular complexity index is 559. The van der Waals surface area contributed by atoms with Gasteiger partial charge in [0.1, 0.15) is 0 Å². The van der Waals surface area contributed by atoms with E-state index in [4.69, 9.17) is 0 Å². The van der Waals surface area contributed by atoms with Crippen LogP contribution in [0.2, 0.25) is 0 Å². The standard InChI is InChI=1S/C16H22F3N3O2/c1-4-9-20-14(23)10-22(3)11(2)15(24)21-13-7-5-12(6-8-13)16(17,18)19/h5-8,11H,4,9-10H2,1-3H3,(H,20,23)(H,21,24)/t11-/m0/s1. The van der Waals surface area contributed by atoms with E-state index in [0.717, 1.165) is 18.6 Å². The zero-order chi connectivity index (χ0) is 18.3. The summed E-state index contributed by atoms with van der Waals surface area (Å²) in [5.41, 5.74) is -0.512. The van der Waals surface area contributed by atoms with Crippen molar-refractivity contribution in [2.24, 2.45) is 0 Å². The number of hydrogen-bond acceptors (Lipinski definition) is 3. The van der Waals surface area contributed by atoms with Gasteiger partial charge in [0, 0.05) is 12.2 Å². The van der Waals surface area contributed by atoms with Crippen molar-refractivity contribution >= 4 is 17.5 Å². The lowest BCUT2D eigenvalue weighted by atomic mass is 10.2. The van der Waals surface area contributed by atoms with Crippen molar-refractivity contribution in [1.82, 2.24) is 10.2 Å². The van der Waals surface area contributed by atoms with E-state index in [1.54, 1.807) is 18.9 Å². The van der Waals surface area contributed by atoms with Crippen LogP contribution < -0.4 is 10.6 Å². The molecule has 0 radical (unpaired) electrons. The predicted octanol–water partition coefficient (Wildman–Crippen LogP) is 2.49. The van der Waals surface area contributed by atoms with Crippen LogP contribution in [0.3, 0.4) is 0 Å². The molecule has 0 heterocycles. The number of nitrogens with zero attached hydrogens (tertiary/aromatic N) is 1. The first kappa shape index (κ1) is 20.0. The summed E-state index contributed by atoms with van der Waals surface area (Å²) in [6, 6.07) is 3.59. The lowest BCUT2D eigenvalue weighted by molar-refractivity contribution is -0.137. The Morgan fingerprint density at radius 1 is 1.21 bits per heavy atom. The van der Waals surface area contributed by atoms with E-state index in [2.05, 4.69) is 10.6 Å². The molecule has 0 fully saturated rings. The van der Waals surface area contributed by atoms with Gasteiger partial charge in [-0.2, -0.15) is 13.2 Å². The van der Waals surface area contributed by atoms with Crippen LogP contribution >= 0.6 is 0 Å². The third-order valence-electron chi connectivity index (χ3n) is 3.49. The van der Waals surface area contributed by atoms with Gasteiger partial charge in [0.2, 0.25) is 11.8 Å². The molecule has 0 aliphatic rings. The molecule has 24 heavy (non-hydrogen) atoms. The first-order chi connectivity index (χ1) is 11.1. The lowest BCUT2D eigenvalue weighted by Crippen LogP contribution is -2.44.